The number of aliphatic carboxylic acids is 1. The fourth-order valence-electron chi connectivity index (χ4n) is 1.08. The lowest BCUT2D eigenvalue weighted by atomic mass is 10.1. The fraction of sp³-hybridized carbons (Fsp3) is 0.364. The first kappa shape index (κ1) is 10.6. The van der Waals surface area contributed by atoms with Crippen molar-refractivity contribution >= 4 is 5.97 Å². The molecule has 76 valence electrons. The summed E-state index contributed by atoms with van der Waals surface area (Å²) in [6.07, 6.45) is -0.810. The van der Waals surface area contributed by atoms with Crippen LogP contribution in [0.25, 0.3) is 0 Å². The van der Waals surface area contributed by atoms with E-state index in [4.69, 9.17) is 9.84 Å². The molecule has 0 saturated heterocycles. The Hall–Kier alpha value is -1.51. The number of carboxylic acids is 1. The van der Waals surface area contributed by atoms with Crippen LogP contribution in [0, 0.1) is 13.8 Å². The number of ether oxygens (including phenoxy) is 1. The first-order chi connectivity index (χ1) is 6.50. The van der Waals surface area contributed by atoms with Crippen molar-refractivity contribution in [3.8, 4) is 5.75 Å². The van der Waals surface area contributed by atoms with Gasteiger partial charge in [0.1, 0.15) is 5.75 Å². The predicted molar refractivity (Wildman–Crippen MR) is 53.6 cm³/mol. The van der Waals surface area contributed by atoms with Crippen LogP contribution in [0.3, 0.4) is 0 Å². The van der Waals surface area contributed by atoms with Crippen LogP contribution in [0.15, 0.2) is 18.2 Å². The van der Waals surface area contributed by atoms with Gasteiger partial charge in [-0.1, -0.05) is 12.1 Å². The molecule has 1 N–H and O–H groups in total. The number of hydrogen-bond acceptors (Lipinski definition) is 2. The normalized spacial score (nSPS) is 12.2. The minimum absolute atomic E-state index is 0.639. The van der Waals surface area contributed by atoms with E-state index in [1.165, 1.54) is 6.92 Å². The summed E-state index contributed by atoms with van der Waals surface area (Å²) in [5.41, 5.74) is 2.01. The van der Waals surface area contributed by atoms with Gasteiger partial charge in [-0.05, 0) is 38.0 Å². The third-order valence-electron chi connectivity index (χ3n) is 2.00. The van der Waals surface area contributed by atoms with E-state index in [2.05, 4.69) is 0 Å². The van der Waals surface area contributed by atoms with Crippen molar-refractivity contribution in [2.75, 3.05) is 0 Å². The highest BCUT2D eigenvalue weighted by atomic mass is 16.5. The summed E-state index contributed by atoms with van der Waals surface area (Å²) in [5, 5.41) is 8.68. The first-order valence-corrected chi connectivity index (χ1v) is 4.47. The molecule has 0 aliphatic heterocycles. The Morgan fingerprint density at radius 3 is 2.64 bits per heavy atom. The van der Waals surface area contributed by atoms with Gasteiger partial charge < -0.3 is 9.84 Å². The lowest BCUT2D eigenvalue weighted by Gasteiger charge is -2.12. The number of benzene rings is 1. The Kier molecular flexibility index (Phi) is 3.12. The zero-order chi connectivity index (χ0) is 10.7. The van der Waals surface area contributed by atoms with Gasteiger partial charge in [-0.2, -0.15) is 0 Å². The maximum absolute atomic E-state index is 10.6. The summed E-state index contributed by atoms with van der Waals surface area (Å²) in [6.45, 7) is 5.35. The van der Waals surface area contributed by atoms with Crippen molar-refractivity contribution in [1.82, 2.24) is 0 Å². The van der Waals surface area contributed by atoms with Crippen molar-refractivity contribution in [3.63, 3.8) is 0 Å². The standard InChI is InChI=1S/C11H14O3/c1-7-4-5-8(2)10(6-7)14-9(3)11(12)13/h4-6,9H,1-3H3,(H,12,13)/t9-/m1/s1. The van der Waals surface area contributed by atoms with Crippen LogP contribution < -0.4 is 4.74 Å². The van der Waals surface area contributed by atoms with Gasteiger partial charge in [-0.15, -0.1) is 0 Å². The van der Waals surface area contributed by atoms with E-state index < -0.39 is 12.1 Å². The maximum Gasteiger partial charge on any atom is 0.344 e. The van der Waals surface area contributed by atoms with Crippen LogP contribution in [0.5, 0.6) is 5.75 Å². The highest BCUT2D eigenvalue weighted by Gasteiger charge is 2.13. The number of rotatable bonds is 3. The molecule has 0 fully saturated rings. The topological polar surface area (TPSA) is 46.5 Å². The molecule has 0 aromatic heterocycles. The molecule has 0 saturated carbocycles. The largest absolute Gasteiger partial charge is 0.479 e. The van der Waals surface area contributed by atoms with Gasteiger partial charge in [0.15, 0.2) is 6.10 Å². The van der Waals surface area contributed by atoms with Gasteiger partial charge in [0.25, 0.3) is 0 Å². The molecule has 0 radical (unpaired) electrons. The van der Waals surface area contributed by atoms with Crippen LogP contribution in [-0.4, -0.2) is 17.2 Å². The van der Waals surface area contributed by atoms with Crippen molar-refractivity contribution < 1.29 is 14.6 Å². The van der Waals surface area contributed by atoms with E-state index in [9.17, 15) is 4.79 Å². The Morgan fingerprint density at radius 1 is 1.43 bits per heavy atom. The average molecular weight is 194 g/mol. The maximum atomic E-state index is 10.6. The van der Waals surface area contributed by atoms with E-state index in [-0.39, 0.29) is 0 Å². The van der Waals surface area contributed by atoms with Gasteiger partial charge in [0.05, 0.1) is 0 Å². The van der Waals surface area contributed by atoms with Crippen molar-refractivity contribution in [3.05, 3.63) is 29.3 Å². The molecular weight excluding hydrogens is 180 g/mol. The molecule has 0 bridgehead atoms. The van der Waals surface area contributed by atoms with E-state index in [1.54, 1.807) is 0 Å². The van der Waals surface area contributed by atoms with Crippen molar-refractivity contribution in [1.29, 1.82) is 0 Å². The number of aryl methyl sites for hydroxylation is 2. The zero-order valence-electron chi connectivity index (χ0n) is 8.57. The molecular formula is C11H14O3. The molecule has 14 heavy (non-hydrogen) atoms. The highest BCUT2D eigenvalue weighted by molar-refractivity contribution is 5.72. The van der Waals surface area contributed by atoms with Crippen LogP contribution >= 0.6 is 0 Å². The SMILES string of the molecule is Cc1ccc(C)c(O[C@H](C)C(=O)O)c1. The molecule has 0 amide bonds. The summed E-state index contributed by atoms with van der Waals surface area (Å²) in [7, 11) is 0. The molecule has 1 atom stereocenters. The second kappa shape index (κ2) is 4.13. The minimum Gasteiger partial charge on any atom is -0.479 e. The highest BCUT2D eigenvalue weighted by Crippen LogP contribution is 2.20. The number of carbonyl (C=O) groups is 1. The zero-order valence-corrected chi connectivity index (χ0v) is 8.57. The van der Waals surface area contributed by atoms with Crippen molar-refractivity contribution in [2.45, 2.75) is 26.9 Å². The quantitative estimate of drug-likeness (QED) is 0.802. The Labute approximate surface area is 83.3 Å². The Balaban J connectivity index is 2.85. The molecule has 1 aromatic carbocycles. The third-order valence-corrected chi connectivity index (χ3v) is 2.00. The van der Waals surface area contributed by atoms with Crippen LogP contribution in [-0.2, 0) is 4.79 Å². The van der Waals surface area contributed by atoms with Gasteiger partial charge >= 0.3 is 5.97 Å². The Morgan fingerprint density at radius 2 is 2.07 bits per heavy atom. The summed E-state index contributed by atoms with van der Waals surface area (Å²) in [4.78, 5) is 10.6. The minimum atomic E-state index is -0.953. The summed E-state index contributed by atoms with van der Waals surface area (Å²) in [5.74, 6) is -0.314. The number of carboxylic acid groups (broad SMARTS) is 1. The first-order valence-electron chi connectivity index (χ1n) is 4.47. The average Bonchev–Trinajstić information content (AvgIpc) is 2.11. The van der Waals surface area contributed by atoms with E-state index >= 15 is 0 Å². The molecule has 0 unspecified atom stereocenters. The molecule has 1 aromatic rings. The second-order valence-corrected chi connectivity index (χ2v) is 3.37. The van der Waals surface area contributed by atoms with E-state index in [0.717, 1.165) is 11.1 Å². The van der Waals surface area contributed by atoms with E-state index in [1.807, 2.05) is 32.0 Å². The summed E-state index contributed by atoms with van der Waals surface area (Å²) < 4.78 is 5.29. The van der Waals surface area contributed by atoms with Crippen LogP contribution in [0.1, 0.15) is 18.1 Å². The van der Waals surface area contributed by atoms with Gasteiger partial charge in [0.2, 0.25) is 0 Å². The molecule has 0 heterocycles. The fourth-order valence-corrected chi connectivity index (χ4v) is 1.08. The molecule has 0 aliphatic rings. The lowest BCUT2D eigenvalue weighted by molar-refractivity contribution is -0.144. The second-order valence-electron chi connectivity index (χ2n) is 3.37. The summed E-state index contributed by atoms with van der Waals surface area (Å²) >= 11 is 0. The molecule has 3 heteroatoms. The predicted octanol–water partition coefficient (Wildman–Crippen LogP) is 2.16. The molecule has 1 rings (SSSR count). The Bertz CT molecular complexity index is 344. The van der Waals surface area contributed by atoms with Crippen LogP contribution in [0.2, 0.25) is 0 Å². The summed E-state index contributed by atoms with van der Waals surface area (Å²) in [6, 6.07) is 5.72. The molecule has 3 nitrogen and oxygen atoms in total. The lowest BCUT2D eigenvalue weighted by Crippen LogP contribution is -2.23. The monoisotopic (exact) mass is 194 g/mol. The van der Waals surface area contributed by atoms with Crippen LogP contribution in [0.4, 0.5) is 0 Å². The molecule has 0 spiro atoms. The van der Waals surface area contributed by atoms with Gasteiger partial charge in [-0.3, -0.25) is 0 Å². The molecule has 0 aliphatic carbocycles. The van der Waals surface area contributed by atoms with E-state index in [0.29, 0.717) is 5.75 Å². The third kappa shape index (κ3) is 2.49. The van der Waals surface area contributed by atoms with Crippen molar-refractivity contribution in [2.24, 2.45) is 0 Å². The van der Waals surface area contributed by atoms with Gasteiger partial charge in [-0.25, -0.2) is 4.79 Å². The number of hydrogen-bond donors (Lipinski definition) is 1. The smallest absolute Gasteiger partial charge is 0.344 e. The van der Waals surface area contributed by atoms with Gasteiger partial charge in [0, 0.05) is 0 Å².